The molecule has 0 aliphatic rings. The van der Waals surface area contributed by atoms with Gasteiger partial charge < -0.3 is 14.5 Å². The largest absolute Gasteiger partial charge is 0.497 e. The Balaban J connectivity index is 1.98. The fraction of sp³-hybridized carbons (Fsp3) is 0.125. The van der Waals surface area contributed by atoms with Gasteiger partial charge in [0.2, 0.25) is 0 Å². The van der Waals surface area contributed by atoms with Gasteiger partial charge in [-0.1, -0.05) is 12.1 Å². The average molecular weight is 282 g/mol. The summed E-state index contributed by atoms with van der Waals surface area (Å²) in [5.41, 5.74) is 0.915. The number of amides is 1. The van der Waals surface area contributed by atoms with Gasteiger partial charge >= 0.3 is 0 Å². The highest BCUT2D eigenvalue weighted by atomic mass is 16.5. The first-order valence-corrected chi connectivity index (χ1v) is 6.29. The molecule has 1 aromatic heterocycles. The molecule has 0 saturated carbocycles. The number of carbonyl (C=O) groups excluding carboxylic acids is 1. The first kappa shape index (κ1) is 14.4. The molecule has 0 aliphatic heterocycles. The molecule has 0 unspecified atom stereocenters. The van der Waals surface area contributed by atoms with Crippen molar-refractivity contribution in [2.24, 2.45) is 0 Å². The van der Waals surface area contributed by atoms with E-state index >= 15 is 0 Å². The second-order valence-corrected chi connectivity index (χ2v) is 4.22. The summed E-state index contributed by atoms with van der Waals surface area (Å²) in [5, 5.41) is 11.7. The van der Waals surface area contributed by atoms with E-state index in [9.17, 15) is 4.79 Å². The minimum absolute atomic E-state index is 0.00142. The van der Waals surface area contributed by atoms with Gasteiger partial charge in [0, 0.05) is 12.6 Å². The highest BCUT2D eigenvalue weighted by Crippen LogP contribution is 2.11. The Labute approximate surface area is 122 Å². The van der Waals surface area contributed by atoms with Crippen LogP contribution < -0.4 is 10.1 Å². The lowest BCUT2D eigenvalue weighted by molar-refractivity contribution is -0.117. The van der Waals surface area contributed by atoms with Crippen LogP contribution >= 0.6 is 0 Å². The number of ether oxygens (including phenoxy) is 1. The highest BCUT2D eigenvalue weighted by molar-refractivity contribution is 6.01. The number of nitrogens with one attached hydrogen (secondary N) is 1. The van der Waals surface area contributed by atoms with Crippen LogP contribution in [0.1, 0.15) is 11.3 Å². The molecule has 0 saturated heterocycles. The topological polar surface area (TPSA) is 75.3 Å². The summed E-state index contributed by atoms with van der Waals surface area (Å²) in [7, 11) is 1.59. The van der Waals surface area contributed by atoms with Crippen LogP contribution in [0, 0.1) is 11.3 Å². The molecule has 0 fully saturated rings. The first-order valence-electron chi connectivity index (χ1n) is 6.29. The number of hydrogen-bond acceptors (Lipinski definition) is 4. The van der Waals surface area contributed by atoms with Gasteiger partial charge in [-0.2, -0.15) is 5.26 Å². The lowest BCUT2D eigenvalue weighted by Crippen LogP contribution is -2.23. The first-order chi connectivity index (χ1) is 10.2. The van der Waals surface area contributed by atoms with Gasteiger partial charge in [0.15, 0.2) is 0 Å². The monoisotopic (exact) mass is 282 g/mol. The molecule has 2 aromatic rings. The zero-order valence-electron chi connectivity index (χ0n) is 11.5. The van der Waals surface area contributed by atoms with E-state index in [1.807, 2.05) is 30.3 Å². The Hall–Kier alpha value is -3.00. The maximum atomic E-state index is 11.9. The maximum Gasteiger partial charge on any atom is 0.262 e. The maximum absolute atomic E-state index is 11.9. The van der Waals surface area contributed by atoms with Crippen molar-refractivity contribution in [1.82, 2.24) is 5.32 Å². The third-order valence-corrected chi connectivity index (χ3v) is 2.81. The molecule has 1 N–H and O–H groups in total. The number of carbonyl (C=O) groups is 1. The molecule has 0 aliphatic carbocycles. The summed E-state index contributed by atoms with van der Waals surface area (Å²) in [5.74, 6) is 0.774. The molecule has 106 valence electrons. The number of benzene rings is 1. The summed E-state index contributed by atoms with van der Waals surface area (Å²) < 4.78 is 10.1. The molecule has 5 heteroatoms. The van der Waals surface area contributed by atoms with Gasteiger partial charge in [0.05, 0.1) is 13.4 Å². The number of furan rings is 1. The Morgan fingerprint density at radius 3 is 2.71 bits per heavy atom. The minimum Gasteiger partial charge on any atom is -0.497 e. The van der Waals surface area contributed by atoms with Crippen LogP contribution in [0.25, 0.3) is 6.08 Å². The minimum atomic E-state index is -0.440. The predicted molar refractivity (Wildman–Crippen MR) is 77.1 cm³/mol. The van der Waals surface area contributed by atoms with Crippen molar-refractivity contribution in [3.8, 4) is 11.8 Å². The second kappa shape index (κ2) is 6.96. The quantitative estimate of drug-likeness (QED) is 0.675. The number of hydrogen-bond donors (Lipinski definition) is 1. The molecular weight excluding hydrogens is 268 g/mol. The molecule has 5 nitrogen and oxygen atoms in total. The Kier molecular flexibility index (Phi) is 4.78. The average Bonchev–Trinajstić information content (AvgIpc) is 3.03. The van der Waals surface area contributed by atoms with Gasteiger partial charge in [0.1, 0.15) is 23.2 Å². The van der Waals surface area contributed by atoms with Crippen molar-refractivity contribution in [2.75, 3.05) is 7.11 Å². The number of nitriles is 1. The highest BCUT2D eigenvalue weighted by Gasteiger charge is 2.09. The fourth-order valence-corrected chi connectivity index (χ4v) is 1.69. The molecule has 1 aromatic carbocycles. The molecule has 0 spiro atoms. The van der Waals surface area contributed by atoms with E-state index < -0.39 is 5.91 Å². The zero-order chi connectivity index (χ0) is 15.1. The SMILES string of the molecule is COc1ccc(CNC(=O)/C(C#N)=C\c2ccco2)cc1. The molecule has 0 atom stereocenters. The van der Waals surface area contributed by atoms with Crippen molar-refractivity contribution < 1.29 is 13.9 Å². The van der Waals surface area contributed by atoms with E-state index in [-0.39, 0.29) is 5.57 Å². The van der Waals surface area contributed by atoms with E-state index in [2.05, 4.69) is 5.32 Å². The van der Waals surface area contributed by atoms with Gasteiger partial charge in [0.25, 0.3) is 5.91 Å². The van der Waals surface area contributed by atoms with Crippen LogP contribution in [0.15, 0.2) is 52.7 Å². The fourth-order valence-electron chi connectivity index (χ4n) is 1.69. The molecular formula is C16H14N2O3. The van der Waals surface area contributed by atoms with Gasteiger partial charge in [-0.05, 0) is 29.8 Å². The van der Waals surface area contributed by atoms with Crippen LogP contribution in [0.4, 0.5) is 0 Å². The Morgan fingerprint density at radius 2 is 2.14 bits per heavy atom. The third kappa shape index (κ3) is 3.98. The normalized spacial score (nSPS) is 10.8. The molecule has 0 radical (unpaired) electrons. The Morgan fingerprint density at radius 1 is 1.38 bits per heavy atom. The summed E-state index contributed by atoms with van der Waals surface area (Å²) in [6.07, 6.45) is 2.89. The number of nitrogens with zero attached hydrogens (tertiary/aromatic N) is 1. The van der Waals surface area contributed by atoms with Crippen molar-refractivity contribution >= 4 is 12.0 Å². The van der Waals surface area contributed by atoms with Crippen LogP contribution in [-0.4, -0.2) is 13.0 Å². The van der Waals surface area contributed by atoms with Gasteiger partial charge in [-0.25, -0.2) is 0 Å². The second-order valence-electron chi connectivity index (χ2n) is 4.22. The molecule has 0 bridgehead atoms. The van der Waals surface area contributed by atoms with Crippen molar-refractivity contribution in [3.63, 3.8) is 0 Å². The van der Waals surface area contributed by atoms with E-state index in [4.69, 9.17) is 14.4 Å². The zero-order valence-corrected chi connectivity index (χ0v) is 11.5. The van der Waals surface area contributed by atoms with Crippen molar-refractivity contribution in [2.45, 2.75) is 6.54 Å². The molecule has 21 heavy (non-hydrogen) atoms. The summed E-state index contributed by atoms with van der Waals surface area (Å²) in [6.45, 7) is 0.333. The summed E-state index contributed by atoms with van der Waals surface area (Å²) >= 11 is 0. The van der Waals surface area contributed by atoms with E-state index in [0.717, 1.165) is 11.3 Å². The van der Waals surface area contributed by atoms with Crippen molar-refractivity contribution in [1.29, 1.82) is 5.26 Å². The van der Waals surface area contributed by atoms with Crippen LogP contribution in [-0.2, 0) is 11.3 Å². The lowest BCUT2D eigenvalue weighted by Gasteiger charge is -2.05. The summed E-state index contributed by atoms with van der Waals surface area (Å²) in [6, 6.07) is 12.5. The predicted octanol–water partition coefficient (Wildman–Crippen LogP) is 2.51. The van der Waals surface area contributed by atoms with Crippen LogP contribution in [0.2, 0.25) is 0 Å². The van der Waals surface area contributed by atoms with Gasteiger partial charge in [-0.3, -0.25) is 4.79 Å². The third-order valence-electron chi connectivity index (χ3n) is 2.81. The Bertz CT molecular complexity index is 665. The number of methoxy groups -OCH3 is 1. The number of rotatable bonds is 5. The van der Waals surface area contributed by atoms with Crippen LogP contribution in [0.5, 0.6) is 5.75 Å². The standard InChI is InChI=1S/C16H14N2O3/c1-20-14-6-4-12(5-7-14)11-18-16(19)13(10-17)9-15-3-2-8-21-15/h2-9H,11H2,1H3,(H,18,19)/b13-9-. The molecule has 1 heterocycles. The van der Waals surface area contributed by atoms with E-state index in [0.29, 0.717) is 12.3 Å². The lowest BCUT2D eigenvalue weighted by atomic mass is 10.2. The van der Waals surface area contributed by atoms with Gasteiger partial charge in [-0.15, -0.1) is 0 Å². The van der Waals surface area contributed by atoms with E-state index in [1.54, 1.807) is 19.2 Å². The summed E-state index contributed by atoms with van der Waals surface area (Å²) in [4.78, 5) is 11.9. The van der Waals surface area contributed by atoms with Crippen LogP contribution in [0.3, 0.4) is 0 Å². The van der Waals surface area contributed by atoms with Crippen molar-refractivity contribution in [3.05, 3.63) is 59.6 Å². The molecule has 2 rings (SSSR count). The van der Waals surface area contributed by atoms with E-state index in [1.165, 1.54) is 12.3 Å². The molecule has 1 amide bonds. The smallest absolute Gasteiger partial charge is 0.262 e.